The Morgan fingerprint density at radius 1 is 1.37 bits per heavy atom. The van der Waals surface area contributed by atoms with E-state index in [1.165, 1.54) is 0 Å². The largest absolute Gasteiger partial charge is 0.437 e. The number of thiazole rings is 1. The van der Waals surface area contributed by atoms with Crippen LogP contribution in [0.5, 0.6) is 11.6 Å². The van der Waals surface area contributed by atoms with Crippen LogP contribution in [0, 0.1) is 0 Å². The summed E-state index contributed by atoms with van der Waals surface area (Å²) in [5.74, 6) is 1.36. The summed E-state index contributed by atoms with van der Waals surface area (Å²) in [6.07, 6.45) is 1.99. The van der Waals surface area contributed by atoms with E-state index >= 15 is 0 Å². The van der Waals surface area contributed by atoms with Gasteiger partial charge in [0.05, 0.1) is 0 Å². The summed E-state index contributed by atoms with van der Waals surface area (Å²) in [7, 11) is 1.90. The fraction of sp³-hybridized carbons (Fsp3) is 0.154. The van der Waals surface area contributed by atoms with Crippen molar-refractivity contribution in [3.63, 3.8) is 0 Å². The van der Waals surface area contributed by atoms with Crippen molar-refractivity contribution in [2.75, 3.05) is 7.05 Å². The van der Waals surface area contributed by atoms with Gasteiger partial charge in [-0.1, -0.05) is 11.6 Å². The van der Waals surface area contributed by atoms with Gasteiger partial charge in [-0.3, -0.25) is 4.40 Å². The molecule has 0 atom stereocenters. The van der Waals surface area contributed by atoms with Crippen molar-refractivity contribution in [3.05, 3.63) is 46.6 Å². The summed E-state index contributed by atoms with van der Waals surface area (Å²) >= 11 is 7.44. The zero-order valence-corrected chi connectivity index (χ0v) is 11.8. The van der Waals surface area contributed by atoms with Crippen LogP contribution in [0.25, 0.3) is 4.96 Å². The molecule has 0 amide bonds. The van der Waals surface area contributed by atoms with Gasteiger partial charge in [-0.05, 0) is 31.3 Å². The first kappa shape index (κ1) is 12.5. The van der Waals surface area contributed by atoms with Crippen molar-refractivity contribution in [2.24, 2.45) is 0 Å². The van der Waals surface area contributed by atoms with E-state index in [0.29, 0.717) is 17.4 Å². The molecule has 1 aromatic carbocycles. The van der Waals surface area contributed by atoms with E-state index in [-0.39, 0.29) is 0 Å². The molecule has 2 aromatic heterocycles. The molecule has 0 bridgehead atoms. The number of aromatic nitrogens is 2. The predicted molar refractivity (Wildman–Crippen MR) is 77.4 cm³/mol. The second-order valence-electron chi connectivity index (χ2n) is 4.01. The van der Waals surface area contributed by atoms with Crippen LogP contribution >= 0.6 is 22.9 Å². The molecule has 0 aliphatic rings. The molecule has 2 heterocycles. The van der Waals surface area contributed by atoms with Crippen LogP contribution in [0.15, 0.2) is 35.8 Å². The van der Waals surface area contributed by atoms with Gasteiger partial charge in [-0.15, -0.1) is 11.3 Å². The molecule has 0 radical (unpaired) electrons. The van der Waals surface area contributed by atoms with Crippen molar-refractivity contribution in [3.8, 4) is 11.6 Å². The molecule has 6 heteroatoms. The van der Waals surface area contributed by atoms with Crippen molar-refractivity contribution < 1.29 is 4.74 Å². The maximum absolute atomic E-state index is 5.86. The molecular weight excluding hydrogens is 282 g/mol. The molecule has 0 unspecified atom stereocenters. The molecular formula is C13H12ClN3OS. The highest BCUT2D eigenvalue weighted by Gasteiger charge is 2.14. The predicted octanol–water partition coefficient (Wildman–Crippen LogP) is 3.56. The molecule has 0 aliphatic heterocycles. The number of halogens is 1. The molecule has 0 aliphatic carbocycles. The van der Waals surface area contributed by atoms with E-state index in [1.54, 1.807) is 23.5 Å². The Morgan fingerprint density at radius 2 is 2.16 bits per heavy atom. The number of fused-ring (bicyclic) bond motifs is 1. The van der Waals surface area contributed by atoms with Crippen LogP contribution in [0.3, 0.4) is 0 Å². The number of imidazole rings is 1. The molecule has 3 aromatic rings. The van der Waals surface area contributed by atoms with Gasteiger partial charge < -0.3 is 10.1 Å². The highest BCUT2D eigenvalue weighted by Crippen LogP contribution is 2.28. The Bertz CT molecular complexity index is 690. The van der Waals surface area contributed by atoms with Gasteiger partial charge in [-0.2, -0.15) is 4.98 Å². The molecule has 0 saturated heterocycles. The summed E-state index contributed by atoms with van der Waals surface area (Å²) in [6.45, 7) is 0.695. The van der Waals surface area contributed by atoms with E-state index in [4.69, 9.17) is 16.3 Å². The van der Waals surface area contributed by atoms with E-state index in [2.05, 4.69) is 10.3 Å². The lowest BCUT2D eigenvalue weighted by Gasteiger charge is -2.05. The first-order valence-corrected chi connectivity index (χ1v) is 7.06. The third kappa shape index (κ3) is 2.45. The molecule has 98 valence electrons. The minimum absolute atomic E-state index is 0.628. The Labute approximate surface area is 119 Å². The Kier molecular flexibility index (Phi) is 3.42. The minimum Gasteiger partial charge on any atom is -0.437 e. The number of rotatable bonds is 4. The highest BCUT2D eigenvalue weighted by molar-refractivity contribution is 7.15. The maximum atomic E-state index is 5.86. The van der Waals surface area contributed by atoms with Crippen LogP contribution in [0.2, 0.25) is 5.02 Å². The molecule has 1 N–H and O–H groups in total. The monoisotopic (exact) mass is 293 g/mol. The number of nitrogens with zero attached hydrogens (tertiary/aromatic N) is 2. The SMILES string of the molecule is CNCc1c(Oc2ccc(Cl)cc2)nc2sccn12. The Morgan fingerprint density at radius 3 is 2.89 bits per heavy atom. The topological polar surface area (TPSA) is 38.6 Å². The van der Waals surface area contributed by atoms with Crippen molar-refractivity contribution in [1.82, 2.24) is 14.7 Å². The highest BCUT2D eigenvalue weighted by atomic mass is 35.5. The van der Waals surface area contributed by atoms with Crippen LogP contribution in [0.1, 0.15) is 5.69 Å². The van der Waals surface area contributed by atoms with Crippen molar-refractivity contribution in [2.45, 2.75) is 6.54 Å². The van der Waals surface area contributed by atoms with Crippen LogP contribution in [0.4, 0.5) is 0 Å². The number of hydrogen-bond donors (Lipinski definition) is 1. The normalized spacial score (nSPS) is 11.1. The summed E-state index contributed by atoms with van der Waals surface area (Å²) < 4.78 is 7.87. The van der Waals surface area contributed by atoms with Gasteiger partial charge in [0.15, 0.2) is 4.96 Å². The first-order valence-electron chi connectivity index (χ1n) is 5.80. The van der Waals surface area contributed by atoms with E-state index < -0.39 is 0 Å². The van der Waals surface area contributed by atoms with Crippen LogP contribution in [-0.4, -0.2) is 16.4 Å². The smallest absolute Gasteiger partial charge is 0.243 e. The zero-order chi connectivity index (χ0) is 13.2. The number of hydrogen-bond acceptors (Lipinski definition) is 4. The second kappa shape index (κ2) is 5.21. The lowest BCUT2D eigenvalue weighted by Crippen LogP contribution is -2.08. The van der Waals surface area contributed by atoms with Gasteiger partial charge >= 0.3 is 0 Å². The molecule has 19 heavy (non-hydrogen) atoms. The lowest BCUT2D eigenvalue weighted by atomic mass is 10.3. The molecule has 0 spiro atoms. The lowest BCUT2D eigenvalue weighted by molar-refractivity contribution is 0.457. The molecule has 3 rings (SSSR count). The van der Waals surface area contributed by atoms with Gasteiger partial charge in [0.2, 0.25) is 5.88 Å². The Balaban J connectivity index is 1.97. The summed E-state index contributed by atoms with van der Waals surface area (Å²) in [5, 5.41) is 5.83. The fourth-order valence-electron chi connectivity index (χ4n) is 1.84. The summed E-state index contributed by atoms with van der Waals surface area (Å²) in [5.41, 5.74) is 1.01. The zero-order valence-electron chi connectivity index (χ0n) is 10.3. The fourth-order valence-corrected chi connectivity index (χ4v) is 2.69. The third-order valence-electron chi connectivity index (χ3n) is 2.70. The summed E-state index contributed by atoms with van der Waals surface area (Å²) in [6, 6.07) is 7.26. The van der Waals surface area contributed by atoms with Gasteiger partial charge in [0.1, 0.15) is 11.4 Å². The molecule has 0 saturated carbocycles. The van der Waals surface area contributed by atoms with E-state index in [1.807, 2.05) is 35.2 Å². The number of benzene rings is 1. The van der Waals surface area contributed by atoms with Crippen LogP contribution in [-0.2, 0) is 6.54 Å². The van der Waals surface area contributed by atoms with Crippen LogP contribution < -0.4 is 10.1 Å². The quantitative estimate of drug-likeness (QED) is 0.799. The third-order valence-corrected chi connectivity index (χ3v) is 3.71. The van der Waals surface area contributed by atoms with Gasteiger partial charge in [-0.25, -0.2) is 0 Å². The van der Waals surface area contributed by atoms with Gasteiger partial charge in [0.25, 0.3) is 0 Å². The summed E-state index contributed by atoms with van der Waals surface area (Å²) in [4.78, 5) is 5.42. The van der Waals surface area contributed by atoms with E-state index in [0.717, 1.165) is 16.4 Å². The number of nitrogens with one attached hydrogen (secondary N) is 1. The first-order chi connectivity index (χ1) is 9.28. The average molecular weight is 294 g/mol. The van der Waals surface area contributed by atoms with Crippen molar-refractivity contribution in [1.29, 1.82) is 0 Å². The number of ether oxygens (including phenoxy) is 1. The maximum Gasteiger partial charge on any atom is 0.243 e. The van der Waals surface area contributed by atoms with E-state index in [9.17, 15) is 0 Å². The molecule has 4 nitrogen and oxygen atoms in total. The second-order valence-corrected chi connectivity index (χ2v) is 5.31. The van der Waals surface area contributed by atoms with Crippen molar-refractivity contribution >= 4 is 27.9 Å². The average Bonchev–Trinajstić information content (AvgIpc) is 2.96. The molecule has 0 fully saturated rings. The Hall–Kier alpha value is -1.56. The minimum atomic E-state index is 0.628. The standard InChI is InChI=1S/C13H12ClN3OS/c1-15-8-11-12(16-13-17(11)6-7-19-13)18-10-4-2-9(14)3-5-10/h2-7,15H,8H2,1H3. The van der Waals surface area contributed by atoms with Gasteiger partial charge in [0, 0.05) is 23.1 Å².